The van der Waals surface area contributed by atoms with Crippen molar-refractivity contribution in [3.05, 3.63) is 34.3 Å². The van der Waals surface area contributed by atoms with Crippen LogP contribution in [0.3, 0.4) is 0 Å². The molecule has 2 N–H and O–H groups in total. The van der Waals surface area contributed by atoms with Gasteiger partial charge in [-0.3, -0.25) is 0 Å². The highest BCUT2D eigenvalue weighted by atomic mass is 79.9. The molecule has 0 aromatic heterocycles. The van der Waals surface area contributed by atoms with Gasteiger partial charge >= 0.3 is 0 Å². The van der Waals surface area contributed by atoms with Crippen LogP contribution in [0.4, 0.5) is 0 Å². The Hall–Kier alpha value is -0.380. The molecule has 2 atom stereocenters. The number of hydrogen-bond donors (Lipinski definition) is 2. The molecule has 1 aromatic rings. The van der Waals surface area contributed by atoms with E-state index in [4.69, 9.17) is 0 Å². The molecule has 2 unspecified atom stereocenters. The van der Waals surface area contributed by atoms with Crippen LogP contribution in [-0.2, 0) is 0 Å². The Labute approximate surface area is 92.5 Å². The van der Waals surface area contributed by atoms with Crippen molar-refractivity contribution in [3.63, 3.8) is 0 Å². The van der Waals surface area contributed by atoms with Crippen LogP contribution >= 0.6 is 15.9 Å². The highest BCUT2D eigenvalue weighted by Crippen LogP contribution is 2.24. The monoisotopic (exact) mass is 255 g/mol. The summed E-state index contributed by atoms with van der Waals surface area (Å²) >= 11 is 3.41. The molecule has 1 heterocycles. The number of nitrogens with one attached hydrogen (secondary N) is 1. The predicted molar refractivity (Wildman–Crippen MR) is 60.1 cm³/mol. The van der Waals surface area contributed by atoms with Crippen LogP contribution in [0.2, 0.25) is 0 Å². The molecule has 3 heteroatoms. The maximum absolute atomic E-state index is 10.1. The van der Waals surface area contributed by atoms with Crippen LogP contribution in [0, 0.1) is 0 Å². The molecule has 0 amide bonds. The second-order valence-corrected chi connectivity index (χ2v) is 4.62. The van der Waals surface area contributed by atoms with Gasteiger partial charge in [0.05, 0.1) is 6.10 Å². The Bertz CT molecular complexity index is 310. The average Bonchev–Trinajstić information content (AvgIpc) is 2.69. The third kappa shape index (κ3) is 2.16. The fourth-order valence-corrected chi connectivity index (χ4v) is 2.32. The van der Waals surface area contributed by atoms with Crippen molar-refractivity contribution in [2.75, 3.05) is 6.54 Å². The topological polar surface area (TPSA) is 32.3 Å². The number of rotatable bonds is 2. The highest BCUT2D eigenvalue weighted by molar-refractivity contribution is 9.10. The van der Waals surface area contributed by atoms with E-state index in [1.807, 2.05) is 24.3 Å². The quantitative estimate of drug-likeness (QED) is 0.850. The summed E-state index contributed by atoms with van der Waals surface area (Å²) in [7, 11) is 0. The lowest BCUT2D eigenvalue weighted by Crippen LogP contribution is -2.28. The summed E-state index contributed by atoms with van der Waals surface area (Å²) in [4.78, 5) is 0. The van der Waals surface area contributed by atoms with Crippen LogP contribution in [0.15, 0.2) is 28.7 Å². The van der Waals surface area contributed by atoms with Crippen molar-refractivity contribution in [2.24, 2.45) is 0 Å². The van der Waals surface area contributed by atoms with Gasteiger partial charge in [-0.25, -0.2) is 0 Å². The molecule has 0 radical (unpaired) electrons. The van der Waals surface area contributed by atoms with E-state index in [0.717, 1.165) is 29.4 Å². The zero-order valence-corrected chi connectivity index (χ0v) is 9.50. The average molecular weight is 256 g/mol. The minimum atomic E-state index is -0.380. The van der Waals surface area contributed by atoms with Crippen molar-refractivity contribution in [3.8, 4) is 0 Å². The summed E-state index contributed by atoms with van der Waals surface area (Å²) in [5.41, 5.74) is 0.985. The predicted octanol–water partition coefficient (Wildman–Crippen LogP) is 2.23. The van der Waals surface area contributed by atoms with Crippen molar-refractivity contribution >= 4 is 15.9 Å². The summed E-state index contributed by atoms with van der Waals surface area (Å²) in [6.45, 7) is 1.02. The Morgan fingerprint density at radius 2 is 2.36 bits per heavy atom. The zero-order valence-electron chi connectivity index (χ0n) is 7.91. The first-order valence-corrected chi connectivity index (χ1v) is 5.73. The van der Waals surface area contributed by atoms with Crippen LogP contribution in [0.1, 0.15) is 24.5 Å². The Balaban J connectivity index is 2.13. The SMILES string of the molecule is OC(c1cccc(Br)c1)C1CCCN1. The van der Waals surface area contributed by atoms with Gasteiger partial charge in [0.1, 0.15) is 0 Å². The van der Waals surface area contributed by atoms with E-state index < -0.39 is 0 Å². The van der Waals surface area contributed by atoms with Gasteiger partial charge in [0, 0.05) is 10.5 Å². The molecule has 2 rings (SSSR count). The summed E-state index contributed by atoms with van der Waals surface area (Å²) < 4.78 is 1.02. The zero-order chi connectivity index (χ0) is 9.97. The molecule has 14 heavy (non-hydrogen) atoms. The molecule has 1 aliphatic rings. The minimum absolute atomic E-state index is 0.226. The van der Waals surface area contributed by atoms with E-state index in [1.54, 1.807) is 0 Å². The fourth-order valence-electron chi connectivity index (χ4n) is 1.90. The largest absolute Gasteiger partial charge is 0.387 e. The number of hydrogen-bond acceptors (Lipinski definition) is 2. The molecule has 1 saturated heterocycles. The standard InChI is InChI=1S/C11H14BrNO/c12-9-4-1-3-8(7-9)11(14)10-5-2-6-13-10/h1,3-4,7,10-11,13-14H,2,5-6H2. The summed E-state index contributed by atoms with van der Waals surface area (Å²) in [5.74, 6) is 0. The fraction of sp³-hybridized carbons (Fsp3) is 0.455. The van der Waals surface area contributed by atoms with Gasteiger partial charge in [-0.15, -0.1) is 0 Å². The van der Waals surface area contributed by atoms with Crippen molar-refractivity contribution < 1.29 is 5.11 Å². The summed E-state index contributed by atoms with van der Waals surface area (Å²) in [6, 6.07) is 8.10. The first-order chi connectivity index (χ1) is 6.77. The molecule has 0 aliphatic carbocycles. The lowest BCUT2D eigenvalue weighted by atomic mass is 10.0. The Morgan fingerprint density at radius 3 is 3.00 bits per heavy atom. The second-order valence-electron chi connectivity index (χ2n) is 3.70. The highest BCUT2D eigenvalue weighted by Gasteiger charge is 2.23. The van der Waals surface area contributed by atoms with Gasteiger partial charge in [0.25, 0.3) is 0 Å². The summed E-state index contributed by atoms with van der Waals surface area (Å²) in [5, 5.41) is 13.4. The van der Waals surface area contributed by atoms with Crippen LogP contribution in [-0.4, -0.2) is 17.7 Å². The molecular formula is C11H14BrNO. The second kappa shape index (κ2) is 4.43. The number of halogens is 1. The van der Waals surface area contributed by atoms with E-state index in [0.29, 0.717) is 0 Å². The van der Waals surface area contributed by atoms with Crippen LogP contribution < -0.4 is 5.32 Å². The van der Waals surface area contributed by atoms with Gasteiger partial charge < -0.3 is 10.4 Å². The number of benzene rings is 1. The van der Waals surface area contributed by atoms with Crippen LogP contribution in [0.25, 0.3) is 0 Å². The number of aliphatic hydroxyl groups excluding tert-OH is 1. The van der Waals surface area contributed by atoms with E-state index in [-0.39, 0.29) is 12.1 Å². The van der Waals surface area contributed by atoms with Gasteiger partial charge in [0.2, 0.25) is 0 Å². The summed E-state index contributed by atoms with van der Waals surface area (Å²) in [6.07, 6.45) is 1.85. The Kier molecular flexibility index (Phi) is 3.21. The van der Waals surface area contributed by atoms with Gasteiger partial charge in [-0.1, -0.05) is 28.1 Å². The maximum Gasteiger partial charge on any atom is 0.0943 e. The molecule has 1 fully saturated rings. The van der Waals surface area contributed by atoms with E-state index >= 15 is 0 Å². The molecule has 2 nitrogen and oxygen atoms in total. The van der Waals surface area contributed by atoms with Gasteiger partial charge in [-0.2, -0.15) is 0 Å². The lowest BCUT2D eigenvalue weighted by molar-refractivity contribution is 0.137. The van der Waals surface area contributed by atoms with E-state index in [2.05, 4.69) is 21.2 Å². The van der Waals surface area contributed by atoms with Crippen molar-refractivity contribution in [1.82, 2.24) is 5.32 Å². The first-order valence-electron chi connectivity index (χ1n) is 4.94. The lowest BCUT2D eigenvalue weighted by Gasteiger charge is -2.18. The Morgan fingerprint density at radius 1 is 1.50 bits per heavy atom. The van der Waals surface area contributed by atoms with Gasteiger partial charge in [-0.05, 0) is 37.1 Å². The van der Waals surface area contributed by atoms with E-state index in [1.165, 1.54) is 0 Å². The van der Waals surface area contributed by atoms with E-state index in [9.17, 15) is 5.11 Å². The van der Waals surface area contributed by atoms with Crippen LogP contribution in [0.5, 0.6) is 0 Å². The molecule has 1 aliphatic heterocycles. The van der Waals surface area contributed by atoms with Crippen molar-refractivity contribution in [1.29, 1.82) is 0 Å². The van der Waals surface area contributed by atoms with Crippen molar-refractivity contribution in [2.45, 2.75) is 25.0 Å². The molecule has 0 saturated carbocycles. The van der Waals surface area contributed by atoms with Gasteiger partial charge in [0.15, 0.2) is 0 Å². The molecule has 1 aromatic carbocycles. The maximum atomic E-state index is 10.1. The third-order valence-corrected chi connectivity index (χ3v) is 3.16. The molecular weight excluding hydrogens is 242 g/mol. The molecule has 76 valence electrons. The first kappa shape index (κ1) is 10.1. The molecule has 0 bridgehead atoms. The minimum Gasteiger partial charge on any atom is -0.387 e. The number of aliphatic hydroxyl groups is 1. The smallest absolute Gasteiger partial charge is 0.0943 e. The normalized spacial score (nSPS) is 23.7. The third-order valence-electron chi connectivity index (χ3n) is 2.67. The molecule has 0 spiro atoms.